The smallest absolute Gasteiger partial charge is 0.266 e. The van der Waals surface area contributed by atoms with Gasteiger partial charge < -0.3 is 15.0 Å². The summed E-state index contributed by atoms with van der Waals surface area (Å²) in [6.45, 7) is 3.11. The number of ether oxygens (including phenoxy) is 1. The summed E-state index contributed by atoms with van der Waals surface area (Å²) in [4.78, 5) is 41.6. The van der Waals surface area contributed by atoms with Gasteiger partial charge in [0.15, 0.2) is 0 Å². The monoisotopic (exact) mass is 427 g/mol. The second kappa shape index (κ2) is 8.28. The molecule has 0 aliphatic carbocycles. The molecular weight excluding hydrogens is 406 g/mol. The van der Waals surface area contributed by atoms with E-state index in [1.807, 2.05) is 24.3 Å². The molecule has 0 aromatic heterocycles. The first-order valence-corrected chi connectivity index (χ1v) is 10.4. The number of morpholine rings is 1. The van der Waals surface area contributed by atoms with Gasteiger partial charge in [0.25, 0.3) is 17.7 Å². The predicted molar refractivity (Wildman–Crippen MR) is 121 cm³/mol. The molecule has 3 aromatic carbocycles. The second-order valence-corrected chi connectivity index (χ2v) is 7.64. The number of rotatable bonds is 4. The highest BCUT2D eigenvalue weighted by Crippen LogP contribution is 2.29. The SMILES string of the molecule is O=C(Nc1ccc(N2CCOCC2)cc1)c1cccc(N2C(=O)c3ccccc3C2=O)c1. The number of hydrogen-bond donors (Lipinski definition) is 1. The minimum Gasteiger partial charge on any atom is -0.378 e. The maximum atomic E-state index is 12.8. The van der Waals surface area contributed by atoms with Crippen molar-refractivity contribution >= 4 is 34.8 Å². The van der Waals surface area contributed by atoms with Gasteiger partial charge in [0.1, 0.15) is 0 Å². The number of hydrogen-bond acceptors (Lipinski definition) is 5. The Balaban J connectivity index is 1.32. The molecule has 1 saturated heterocycles. The van der Waals surface area contributed by atoms with Crippen LogP contribution in [0.4, 0.5) is 17.1 Å². The van der Waals surface area contributed by atoms with Crippen LogP contribution in [0.2, 0.25) is 0 Å². The number of anilines is 3. The molecular formula is C25H21N3O4. The summed E-state index contributed by atoms with van der Waals surface area (Å²) in [5, 5.41) is 2.88. The molecule has 0 spiro atoms. The molecule has 2 aliphatic rings. The summed E-state index contributed by atoms with van der Waals surface area (Å²) < 4.78 is 5.38. The van der Waals surface area contributed by atoms with Crippen LogP contribution in [0, 0.1) is 0 Å². The third-order valence-electron chi connectivity index (χ3n) is 5.66. The standard InChI is InChI=1S/C25H21N3O4/c29-23(26-18-8-10-19(11-9-18)27-12-14-32-15-13-27)17-4-3-5-20(16-17)28-24(30)21-6-1-2-7-22(21)25(28)31/h1-11,16H,12-15H2,(H,26,29). The molecule has 1 fully saturated rings. The van der Waals surface area contributed by atoms with Crippen LogP contribution in [-0.4, -0.2) is 44.0 Å². The molecule has 160 valence electrons. The van der Waals surface area contributed by atoms with Gasteiger partial charge in [0.2, 0.25) is 0 Å². The minimum absolute atomic E-state index is 0.317. The first-order chi connectivity index (χ1) is 15.6. The Kier molecular flexibility index (Phi) is 5.17. The van der Waals surface area contributed by atoms with Gasteiger partial charge in [-0.2, -0.15) is 0 Å². The van der Waals surface area contributed by atoms with E-state index in [1.54, 1.807) is 48.5 Å². The first-order valence-electron chi connectivity index (χ1n) is 10.4. The minimum atomic E-state index is -0.387. The van der Waals surface area contributed by atoms with Crippen LogP contribution >= 0.6 is 0 Å². The predicted octanol–water partition coefficient (Wildman–Crippen LogP) is 3.58. The normalized spacial score (nSPS) is 15.6. The highest BCUT2D eigenvalue weighted by molar-refractivity contribution is 6.34. The van der Waals surface area contributed by atoms with Crippen LogP contribution in [0.15, 0.2) is 72.8 Å². The van der Waals surface area contributed by atoms with E-state index < -0.39 is 0 Å². The fourth-order valence-corrected chi connectivity index (χ4v) is 3.99. The zero-order chi connectivity index (χ0) is 22.1. The summed E-state index contributed by atoms with van der Waals surface area (Å²) in [7, 11) is 0. The molecule has 0 radical (unpaired) electrons. The van der Waals surface area contributed by atoms with Crippen LogP contribution < -0.4 is 15.1 Å². The molecule has 2 aliphatic heterocycles. The topological polar surface area (TPSA) is 79.0 Å². The molecule has 7 heteroatoms. The largest absolute Gasteiger partial charge is 0.378 e. The molecule has 0 atom stereocenters. The fraction of sp³-hybridized carbons (Fsp3) is 0.160. The Morgan fingerprint density at radius 3 is 2.09 bits per heavy atom. The Hall–Kier alpha value is -3.97. The van der Waals surface area contributed by atoms with Crippen LogP contribution in [0.1, 0.15) is 31.1 Å². The van der Waals surface area contributed by atoms with E-state index >= 15 is 0 Å². The number of nitrogens with zero attached hydrogens (tertiary/aromatic N) is 2. The van der Waals surface area contributed by atoms with Gasteiger partial charge in [0, 0.05) is 30.0 Å². The van der Waals surface area contributed by atoms with Gasteiger partial charge in [0.05, 0.1) is 30.0 Å². The Labute approximate surface area is 185 Å². The van der Waals surface area contributed by atoms with Crippen molar-refractivity contribution in [1.82, 2.24) is 0 Å². The molecule has 1 N–H and O–H groups in total. The van der Waals surface area contributed by atoms with Gasteiger partial charge in [-0.15, -0.1) is 0 Å². The van der Waals surface area contributed by atoms with Crippen molar-refractivity contribution in [2.75, 3.05) is 41.4 Å². The van der Waals surface area contributed by atoms with Crippen molar-refractivity contribution < 1.29 is 19.1 Å². The molecule has 0 bridgehead atoms. The van der Waals surface area contributed by atoms with Gasteiger partial charge in [-0.25, -0.2) is 4.90 Å². The van der Waals surface area contributed by atoms with Gasteiger partial charge >= 0.3 is 0 Å². The van der Waals surface area contributed by atoms with E-state index in [1.165, 1.54) is 0 Å². The van der Waals surface area contributed by atoms with Crippen molar-refractivity contribution in [2.24, 2.45) is 0 Å². The quantitative estimate of drug-likeness (QED) is 0.644. The lowest BCUT2D eigenvalue weighted by Crippen LogP contribution is -2.36. The van der Waals surface area contributed by atoms with E-state index in [9.17, 15) is 14.4 Å². The Morgan fingerprint density at radius 1 is 0.781 bits per heavy atom. The number of carbonyl (C=O) groups is 3. The average molecular weight is 427 g/mol. The van der Waals surface area contributed by atoms with Crippen molar-refractivity contribution in [2.45, 2.75) is 0 Å². The van der Waals surface area contributed by atoms with E-state index in [-0.39, 0.29) is 17.7 Å². The van der Waals surface area contributed by atoms with Crippen LogP contribution in [0.25, 0.3) is 0 Å². The summed E-state index contributed by atoms with van der Waals surface area (Å²) in [6, 6.07) is 20.9. The lowest BCUT2D eigenvalue weighted by molar-refractivity contribution is 0.0924. The number of nitrogens with one attached hydrogen (secondary N) is 1. The molecule has 3 aromatic rings. The fourth-order valence-electron chi connectivity index (χ4n) is 3.99. The van der Waals surface area contributed by atoms with Crippen LogP contribution in [-0.2, 0) is 4.74 Å². The Morgan fingerprint density at radius 2 is 1.44 bits per heavy atom. The van der Waals surface area contributed by atoms with Crippen LogP contribution in [0.3, 0.4) is 0 Å². The van der Waals surface area contributed by atoms with E-state index in [0.29, 0.717) is 41.3 Å². The van der Waals surface area contributed by atoms with Crippen LogP contribution in [0.5, 0.6) is 0 Å². The number of carbonyl (C=O) groups excluding carboxylic acids is 3. The summed E-state index contributed by atoms with van der Waals surface area (Å²) in [5.41, 5.74) is 3.21. The molecule has 5 rings (SSSR count). The van der Waals surface area contributed by atoms with Gasteiger partial charge in [-0.1, -0.05) is 18.2 Å². The molecule has 2 heterocycles. The third-order valence-corrected chi connectivity index (χ3v) is 5.66. The lowest BCUT2D eigenvalue weighted by Gasteiger charge is -2.28. The Bertz CT molecular complexity index is 1160. The molecule has 7 nitrogen and oxygen atoms in total. The van der Waals surface area contributed by atoms with Gasteiger partial charge in [-0.3, -0.25) is 14.4 Å². The van der Waals surface area contributed by atoms with Crippen molar-refractivity contribution in [1.29, 1.82) is 0 Å². The summed E-state index contributed by atoms with van der Waals surface area (Å²) in [5.74, 6) is -1.09. The number of amides is 3. The highest BCUT2D eigenvalue weighted by Gasteiger charge is 2.36. The molecule has 3 amide bonds. The van der Waals surface area contributed by atoms with Crippen molar-refractivity contribution in [3.63, 3.8) is 0 Å². The van der Waals surface area contributed by atoms with Crippen molar-refractivity contribution in [3.05, 3.63) is 89.5 Å². The summed E-state index contributed by atoms with van der Waals surface area (Å²) >= 11 is 0. The van der Waals surface area contributed by atoms with Crippen molar-refractivity contribution in [3.8, 4) is 0 Å². The number of imide groups is 1. The van der Waals surface area contributed by atoms with E-state index in [0.717, 1.165) is 23.7 Å². The zero-order valence-corrected chi connectivity index (χ0v) is 17.3. The second-order valence-electron chi connectivity index (χ2n) is 7.64. The van der Waals surface area contributed by atoms with Gasteiger partial charge in [-0.05, 0) is 54.6 Å². The molecule has 32 heavy (non-hydrogen) atoms. The molecule has 0 saturated carbocycles. The first kappa shape index (κ1) is 20.0. The summed E-state index contributed by atoms with van der Waals surface area (Å²) in [6.07, 6.45) is 0. The zero-order valence-electron chi connectivity index (χ0n) is 17.3. The third kappa shape index (κ3) is 3.63. The highest BCUT2D eigenvalue weighted by atomic mass is 16.5. The van der Waals surface area contributed by atoms with E-state index in [4.69, 9.17) is 4.74 Å². The number of benzene rings is 3. The average Bonchev–Trinajstić information content (AvgIpc) is 3.10. The number of fused-ring (bicyclic) bond motifs is 1. The maximum Gasteiger partial charge on any atom is 0.266 e. The molecule has 0 unspecified atom stereocenters. The van der Waals surface area contributed by atoms with E-state index in [2.05, 4.69) is 10.2 Å². The lowest BCUT2D eigenvalue weighted by atomic mass is 10.1. The maximum absolute atomic E-state index is 12.8.